The van der Waals surface area contributed by atoms with Gasteiger partial charge in [0.05, 0.1) is 0 Å². The van der Waals surface area contributed by atoms with Crippen LogP contribution in [0.4, 0.5) is 0 Å². The van der Waals surface area contributed by atoms with Gasteiger partial charge in [-0.3, -0.25) is 9.59 Å². The van der Waals surface area contributed by atoms with Crippen molar-refractivity contribution >= 4 is 11.8 Å². The molecule has 0 aliphatic heterocycles. The maximum Gasteiger partial charge on any atom is 0.222 e. The lowest BCUT2D eigenvalue weighted by molar-refractivity contribution is -0.133. The quantitative estimate of drug-likeness (QED) is 0.157. The van der Waals surface area contributed by atoms with Gasteiger partial charge in [0.15, 0.2) is 0 Å². The summed E-state index contributed by atoms with van der Waals surface area (Å²) in [7, 11) is 3.70. The van der Waals surface area contributed by atoms with Crippen molar-refractivity contribution in [2.75, 3.05) is 27.2 Å². The van der Waals surface area contributed by atoms with Crippen LogP contribution in [0.25, 0.3) is 0 Å². The molecule has 0 radical (unpaired) electrons. The van der Waals surface area contributed by atoms with E-state index in [1.54, 1.807) is 9.80 Å². The Morgan fingerprint density at radius 2 is 0.867 bits per heavy atom. The average Bonchev–Trinajstić information content (AvgIpc) is 2.75. The summed E-state index contributed by atoms with van der Waals surface area (Å²) in [5.41, 5.74) is 0. The van der Waals surface area contributed by atoms with Crippen LogP contribution in [0.3, 0.4) is 0 Å². The third-order valence-electron chi connectivity index (χ3n) is 5.72. The average molecular weight is 421 g/mol. The zero-order valence-corrected chi connectivity index (χ0v) is 20.0. The number of allylic oxidation sites excluding steroid dienone is 2. The lowest BCUT2D eigenvalue weighted by Gasteiger charge is -2.22. The lowest BCUT2D eigenvalue weighted by atomic mass is 10.1. The minimum atomic E-state index is 0.193. The molecule has 0 heterocycles. The van der Waals surface area contributed by atoms with Gasteiger partial charge in [0, 0.05) is 40.0 Å². The van der Waals surface area contributed by atoms with Gasteiger partial charge in [0.25, 0.3) is 0 Å². The second-order valence-electron chi connectivity index (χ2n) is 8.53. The molecule has 0 aliphatic carbocycles. The van der Waals surface area contributed by atoms with E-state index in [1.165, 1.54) is 51.4 Å². The molecule has 0 aliphatic rings. The highest BCUT2D eigenvalue weighted by Crippen LogP contribution is 2.11. The molecule has 4 nitrogen and oxygen atoms in total. The molecule has 30 heavy (non-hydrogen) atoms. The molecule has 0 rings (SSSR count). The third kappa shape index (κ3) is 17.3. The van der Waals surface area contributed by atoms with Gasteiger partial charge in [0.2, 0.25) is 11.8 Å². The predicted octanol–water partition coefficient (Wildman–Crippen LogP) is 6.52. The summed E-state index contributed by atoms with van der Waals surface area (Å²) >= 11 is 0. The number of unbranched alkanes of at least 4 members (excludes halogenated alkanes) is 12. The molecule has 4 heteroatoms. The van der Waals surface area contributed by atoms with Crippen LogP contribution in [0.15, 0.2) is 25.3 Å². The maximum absolute atomic E-state index is 12.2. The molecule has 174 valence electrons. The number of carbonyl (C=O) groups excluding carboxylic acids is 2. The molecule has 0 atom stereocenters. The summed E-state index contributed by atoms with van der Waals surface area (Å²) in [5.74, 6) is 0.387. The van der Waals surface area contributed by atoms with Gasteiger partial charge in [-0.25, -0.2) is 0 Å². The molecular formula is C26H48N2O2. The zero-order valence-electron chi connectivity index (χ0n) is 20.0. The smallest absolute Gasteiger partial charge is 0.222 e. The number of hydrogen-bond acceptors (Lipinski definition) is 2. The first-order valence-electron chi connectivity index (χ1n) is 12.2. The second-order valence-corrected chi connectivity index (χ2v) is 8.53. The fourth-order valence-corrected chi connectivity index (χ4v) is 3.48. The van der Waals surface area contributed by atoms with Crippen LogP contribution in [-0.4, -0.2) is 48.8 Å². The van der Waals surface area contributed by atoms with Crippen molar-refractivity contribution in [3.05, 3.63) is 25.3 Å². The SMILES string of the molecule is C=CCCCCCCCCC(=O)N(C)CCN(C)C(=O)CCCCCCCCC=C. The number of carbonyl (C=O) groups is 2. The number of likely N-dealkylation sites (N-methyl/N-ethyl adjacent to an activating group) is 2. The van der Waals surface area contributed by atoms with E-state index in [9.17, 15) is 9.59 Å². The Balaban J connectivity index is 3.68. The van der Waals surface area contributed by atoms with Crippen LogP contribution < -0.4 is 0 Å². The van der Waals surface area contributed by atoms with Crippen LogP contribution in [-0.2, 0) is 9.59 Å². The molecular weight excluding hydrogens is 372 g/mol. The minimum Gasteiger partial charge on any atom is -0.344 e. The Bertz CT molecular complexity index is 420. The monoisotopic (exact) mass is 420 g/mol. The summed E-state index contributed by atoms with van der Waals surface area (Å²) in [4.78, 5) is 28.0. The van der Waals surface area contributed by atoms with Gasteiger partial charge in [-0.1, -0.05) is 63.5 Å². The predicted molar refractivity (Wildman–Crippen MR) is 130 cm³/mol. The first-order valence-corrected chi connectivity index (χ1v) is 12.2. The molecule has 0 N–H and O–H groups in total. The van der Waals surface area contributed by atoms with Crippen LogP contribution >= 0.6 is 0 Å². The van der Waals surface area contributed by atoms with E-state index in [-0.39, 0.29) is 11.8 Å². The summed E-state index contributed by atoms with van der Waals surface area (Å²) in [6, 6.07) is 0. The molecule has 0 fully saturated rings. The third-order valence-corrected chi connectivity index (χ3v) is 5.72. The van der Waals surface area contributed by atoms with Crippen LogP contribution in [0.5, 0.6) is 0 Å². The Hall–Kier alpha value is -1.58. The Kier molecular flexibility index (Phi) is 19.6. The van der Waals surface area contributed by atoms with Crippen molar-refractivity contribution in [1.29, 1.82) is 0 Å². The molecule has 0 spiro atoms. The van der Waals surface area contributed by atoms with Gasteiger partial charge in [-0.2, -0.15) is 0 Å². The van der Waals surface area contributed by atoms with Gasteiger partial charge in [-0.15, -0.1) is 13.2 Å². The number of rotatable bonds is 21. The van der Waals surface area contributed by atoms with E-state index >= 15 is 0 Å². The first kappa shape index (κ1) is 28.4. The Morgan fingerprint density at radius 3 is 1.20 bits per heavy atom. The molecule has 0 bridgehead atoms. The van der Waals surface area contributed by atoms with E-state index in [2.05, 4.69) is 13.2 Å². The first-order chi connectivity index (χ1) is 14.5. The standard InChI is InChI=1S/C26H48N2O2/c1-5-7-9-11-13-15-17-19-21-25(29)27(3)23-24-28(4)26(30)22-20-18-16-14-12-10-8-6-2/h5-6H,1-2,7-24H2,3-4H3. The highest BCUT2D eigenvalue weighted by molar-refractivity contribution is 5.77. The number of amides is 2. The van der Waals surface area contributed by atoms with Crippen molar-refractivity contribution in [1.82, 2.24) is 9.80 Å². The highest BCUT2D eigenvalue weighted by Gasteiger charge is 2.12. The van der Waals surface area contributed by atoms with Gasteiger partial charge in [0.1, 0.15) is 0 Å². The summed E-state index contributed by atoms with van der Waals surface area (Å²) in [6.45, 7) is 8.72. The maximum atomic E-state index is 12.2. The largest absolute Gasteiger partial charge is 0.344 e. The second kappa shape index (κ2) is 20.7. The fourth-order valence-electron chi connectivity index (χ4n) is 3.48. The Morgan fingerprint density at radius 1 is 0.567 bits per heavy atom. The molecule has 2 amide bonds. The van der Waals surface area contributed by atoms with Crippen LogP contribution in [0.1, 0.15) is 103 Å². The minimum absolute atomic E-state index is 0.193. The topological polar surface area (TPSA) is 40.6 Å². The zero-order chi connectivity index (χ0) is 22.5. The van der Waals surface area contributed by atoms with Crippen LogP contribution in [0, 0.1) is 0 Å². The molecule has 0 saturated heterocycles. The Labute approximate surface area is 186 Å². The summed E-state index contributed by atoms with van der Waals surface area (Å²) < 4.78 is 0. The molecule has 0 unspecified atom stereocenters. The number of hydrogen-bond donors (Lipinski definition) is 0. The van der Waals surface area contributed by atoms with E-state index in [1.807, 2.05) is 26.2 Å². The number of nitrogens with zero attached hydrogens (tertiary/aromatic N) is 2. The van der Waals surface area contributed by atoms with E-state index in [0.29, 0.717) is 25.9 Å². The van der Waals surface area contributed by atoms with Gasteiger partial charge < -0.3 is 9.80 Å². The van der Waals surface area contributed by atoms with Crippen molar-refractivity contribution in [2.24, 2.45) is 0 Å². The van der Waals surface area contributed by atoms with E-state index < -0.39 is 0 Å². The van der Waals surface area contributed by atoms with E-state index in [4.69, 9.17) is 0 Å². The normalized spacial score (nSPS) is 10.6. The summed E-state index contributed by atoms with van der Waals surface area (Å²) in [6.07, 6.45) is 21.5. The van der Waals surface area contributed by atoms with Crippen molar-refractivity contribution in [3.8, 4) is 0 Å². The fraction of sp³-hybridized carbons (Fsp3) is 0.769. The van der Waals surface area contributed by atoms with Crippen LogP contribution in [0.2, 0.25) is 0 Å². The van der Waals surface area contributed by atoms with Crippen molar-refractivity contribution in [3.63, 3.8) is 0 Å². The highest BCUT2D eigenvalue weighted by atomic mass is 16.2. The molecule has 0 saturated carbocycles. The van der Waals surface area contributed by atoms with Gasteiger partial charge >= 0.3 is 0 Å². The van der Waals surface area contributed by atoms with Crippen molar-refractivity contribution < 1.29 is 9.59 Å². The van der Waals surface area contributed by atoms with Gasteiger partial charge in [-0.05, 0) is 38.5 Å². The molecule has 0 aromatic heterocycles. The lowest BCUT2D eigenvalue weighted by Crippen LogP contribution is -2.37. The van der Waals surface area contributed by atoms with E-state index in [0.717, 1.165) is 38.5 Å². The molecule has 0 aromatic rings. The van der Waals surface area contributed by atoms with Crippen molar-refractivity contribution in [2.45, 2.75) is 103 Å². The molecule has 0 aromatic carbocycles. The summed E-state index contributed by atoms with van der Waals surface area (Å²) in [5, 5.41) is 0.